The summed E-state index contributed by atoms with van der Waals surface area (Å²) in [6, 6.07) is 75.4. The minimum Gasteiger partial charge on any atom is -0.208 e. The van der Waals surface area contributed by atoms with Crippen molar-refractivity contribution in [1.82, 2.24) is 15.0 Å². The molecule has 0 saturated heterocycles. The number of nitrogens with zero attached hydrogens (tertiary/aromatic N) is 3. The Kier molecular flexibility index (Phi) is 8.15. The van der Waals surface area contributed by atoms with Crippen LogP contribution >= 0.6 is 0 Å². The second kappa shape index (κ2) is 14.1. The van der Waals surface area contributed by atoms with Gasteiger partial charge in [0.15, 0.2) is 17.5 Å². The molecule has 0 saturated carbocycles. The van der Waals surface area contributed by atoms with Crippen LogP contribution in [-0.4, -0.2) is 15.0 Å². The van der Waals surface area contributed by atoms with Gasteiger partial charge < -0.3 is 0 Å². The fraction of sp³-hybridized carbons (Fsp3) is 0. The Morgan fingerprint density at radius 3 is 1.36 bits per heavy atom. The quantitative estimate of drug-likeness (QED) is 0.160. The minimum atomic E-state index is 0.635. The van der Waals surface area contributed by atoms with Crippen LogP contribution in [0.5, 0.6) is 0 Å². The third-order valence-corrected chi connectivity index (χ3v) is 11.3. The number of rotatable bonds is 6. The molecule has 270 valence electrons. The first-order valence-electron chi connectivity index (χ1n) is 19.7. The molecule has 0 atom stereocenters. The van der Waals surface area contributed by atoms with Crippen LogP contribution in [0.4, 0.5) is 0 Å². The number of hydrogen-bond donors (Lipinski definition) is 0. The predicted molar refractivity (Wildman–Crippen MR) is 242 cm³/mol. The molecular formula is C55H35N3. The van der Waals surface area contributed by atoms with E-state index >= 15 is 0 Å². The lowest BCUT2D eigenvalue weighted by molar-refractivity contribution is 1.08. The van der Waals surface area contributed by atoms with E-state index in [-0.39, 0.29) is 0 Å². The van der Waals surface area contributed by atoms with Gasteiger partial charge in [0, 0.05) is 16.7 Å². The van der Waals surface area contributed by atoms with Crippen LogP contribution in [0.25, 0.3) is 111 Å². The summed E-state index contributed by atoms with van der Waals surface area (Å²) in [5, 5.41) is 9.59. The van der Waals surface area contributed by atoms with E-state index < -0.39 is 0 Å². The van der Waals surface area contributed by atoms with E-state index in [0.717, 1.165) is 38.6 Å². The van der Waals surface area contributed by atoms with Gasteiger partial charge in [-0.2, -0.15) is 0 Å². The molecule has 58 heavy (non-hydrogen) atoms. The van der Waals surface area contributed by atoms with E-state index in [1.165, 1.54) is 54.6 Å². The lowest BCUT2D eigenvalue weighted by Crippen LogP contribution is -2.01. The lowest BCUT2D eigenvalue weighted by Gasteiger charge is -2.20. The molecule has 11 aromatic rings. The highest BCUT2D eigenvalue weighted by Gasteiger charge is 2.21. The van der Waals surface area contributed by atoms with Gasteiger partial charge in [-0.3, -0.25) is 0 Å². The monoisotopic (exact) mass is 737 g/mol. The molecule has 0 bridgehead atoms. The molecule has 0 fully saturated rings. The van der Waals surface area contributed by atoms with Crippen LogP contribution in [0.3, 0.4) is 0 Å². The summed E-state index contributed by atoms with van der Waals surface area (Å²) < 4.78 is 0. The van der Waals surface area contributed by atoms with Gasteiger partial charge in [0.1, 0.15) is 0 Å². The van der Waals surface area contributed by atoms with Crippen molar-refractivity contribution in [2.45, 2.75) is 0 Å². The van der Waals surface area contributed by atoms with Crippen LogP contribution in [-0.2, 0) is 0 Å². The van der Waals surface area contributed by atoms with Crippen molar-refractivity contribution in [1.29, 1.82) is 0 Å². The van der Waals surface area contributed by atoms with E-state index in [2.05, 4.69) is 188 Å². The predicted octanol–water partition coefficient (Wildman–Crippen LogP) is 14.5. The number of hydrogen-bond acceptors (Lipinski definition) is 3. The van der Waals surface area contributed by atoms with Crippen molar-refractivity contribution >= 4 is 43.1 Å². The van der Waals surface area contributed by atoms with Crippen LogP contribution in [0, 0.1) is 0 Å². The van der Waals surface area contributed by atoms with Crippen molar-refractivity contribution in [3.05, 3.63) is 212 Å². The SMILES string of the molecule is c1ccc(-c2cccc(-c3nc(-c4ccccc4)nc(-c4ccc(-c5c6ccccc6c(-c6ccc7ccccc7c6)c6ccccc56)c5ccccc45)n3)c2)cc1. The summed E-state index contributed by atoms with van der Waals surface area (Å²) in [6.45, 7) is 0. The highest BCUT2D eigenvalue weighted by molar-refractivity contribution is 6.24. The smallest absolute Gasteiger partial charge is 0.164 e. The summed E-state index contributed by atoms with van der Waals surface area (Å²) in [5.74, 6) is 1.91. The maximum Gasteiger partial charge on any atom is 0.164 e. The summed E-state index contributed by atoms with van der Waals surface area (Å²) in [4.78, 5) is 15.5. The molecule has 10 aromatic carbocycles. The first-order chi connectivity index (χ1) is 28.8. The van der Waals surface area contributed by atoms with Crippen molar-refractivity contribution in [3.8, 4) is 67.5 Å². The van der Waals surface area contributed by atoms with Gasteiger partial charge >= 0.3 is 0 Å². The molecule has 0 unspecified atom stereocenters. The minimum absolute atomic E-state index is 0.635. The van der Waals surface area contributed by atoms with Gasteiger partial charge in [-0.1, -0.05) is 194 Å². The van der Waals surface area contributed by atoms with Gasteiger partial charge in [0.2, 0.25) is 0 Å². The standard InChI is InChI=1S/C55H35N3/c1-3-16-36(17-4-1)40-22-15-23-42(35-40)54-56-53(38-19-5-2-6-20-38)57-55(58-54)50-33-32-49(43-24-9-10-25-44(43)50)52-47-28-13-11-26-45(47)51(46-27-12-14-29-48(46)52)41-31-30-37-18-7-8-21-39(37)34-41/h1-35H. The molecular weight excluding hydrogens is 703 g/mol. The van der Waals surface area contributed by atoms with Gasteiger partial charge in [-0.15, -0.1) is 0 Å². The van der Waals surface area contributed by atoms with Crippen LogP contribution in [0.2, 0.25) is 0 Å². The Morgan fingerprint density at radius 2 is 0.690 bits per heavy atom. The van der Waals surface area contributed by atoms with Crippen LogP contribution in [0.15, 0.2) is 212 Å². The second-order valence-corrected chi connectivity index (χ2v) is 14.7. The molecule has 3 heteroatoms. The summed E-state index contributed by atoms with van der Waals surface area (Å²) in [6.07, 6.45) is 0. The molecule has 3 nitrogen and oxygen atoms in total. The maximum atomic E-state index is 5.23. The Balaban J connectivity index is 1.13. The molecule has 0 spiro atoms. The number of fused-ring (bicyclic) bond motifs is 4. The summed E-state index contributed by atoms with van der Waals surface area (Å²) >= 11 is 0. The Bertz CT molecular complexity index is 3280. The van der Waals surface area contributed by atoms with Crippen LogP contribution in [0.1, 0.15) is 0 Å². The van der Waals surface area contributed by atoms with Gasteiger partial charge in [0.05, 0.1) is 0 Å². The zero-order valence-corrected chi connectivity index (χ0v) is 31.5. The van der Waals surface area contributed by atoms with Gasteiger partial charge in [-0.25, -0.2) is 15.0 Å². The van der Waals surface area contributed by atoms with Gasteiger partial charge in [-0.05, 0) is 94.7 Å². The Hall–Kier alpha value is -7.75. The van der Waals surface area contributed by atoms with E-state index in [0.29, 0.717) is 17.5 Å². The van der Waals surface area contributed by atoms with E-state index in [1.807, 2.05) is 24.3 Å². The molecule has 0 aliphatic carbocycles. The van der Waals surface area contributed by atoms with Crippen molar-refractivity contribution in [2.24, 2.45) is 0 Å². The van der Waals surface area contributed by atoms with E-state index in [1.54, 1.807) is 0 Å². The van der Waals surface area contributed by atoms with E-state index in [4.69, 9.17) is 15.0 Å². The first-order valence-corrected chi connectivity index (χ1v) is 19.7. The molecule has 0 radical (unpaired) electrons. The van der Waals surface area contributed by atoms with Gasteiger partial charge in [0.25, 0.3) is 0 Å². The second-order valence-electron chi connectivity index (χ2n) is 14.7. The lowest BCUT2D eigenvalue weighted by atomic mass is 9.84. The highest BCUT2D eigenvalue weighted by Crippen LogP contribution is 2.46. The highest BCUT2D eigenvalue weighted by atomic mass is 15.0. The van der Waals surface area contributed by atoms with Crippen molar-refractivity contribution < 1.29 is 0 Å². The fourth-order valence-electron chi connectivity index (χ4n) is 8.60. The molecule has 0 N–H and O–H groups in total. The maximum absolute atomic E-state index is 5.23. The normalized spacial score (nSPS) is 11.4. The zero-order chi connectivity index (χ0) is 38.4. The number of benzene rings is 10. The largest absolute Gasteiger partial charge is 0.208 e. The molecule has 11 rings (SSSR count). The zero-order valence-electron chi connectivity index (χ0n) is 31.5. The van der Waals surface area contributed by atoms with Crippen molar-refractivity contribution in [3.63, 3.8) is 0 Å². The molecule has 0 aliphatic rings. The third-order valence-electron chi connectivity index (χ3n) is 11.3. The fourth-order valence-corrected chi connectivity index (χ4v) is 8.60. The molecule has 0 aliphatic heterocycles. The summed E-state index contributed by atoms with van der Waals surface area (Å²) in [7, 11) is 0. The molecule has 1 aromatic heterocycles. The van der Waals surface area contributed by atoms with Crippen LogP contribution < -0.4 is 0 Å². The van der Waals surface area contributed by atoms with E-state index in [9.17, 15) is 0 Å². The Morgan fingerprint density at radius 1 is 0.224 bits per heavy atom. The topological polar surface area (TPSA) is 38.7 Å². The summed E-state index contributed by atoms with van der Waals surface area (Å²) in [5.41, 5.74) is 9.96. The average molecular weight is 738 g/mol. The Labute approximate surface area is 336 Å². The average Bonchev–Trinajstić information content (AvgIpc) is 3.31. The molecule has 0 amide bonds. The first kappa shape index (κ1) is 33.6. The van der Waals surface area contributed by atoms with Crippen molar-refractivity contribution in [2.75, 3.05) is 0 Å². The third kappa shape index (κ3) is 5.80. The molecule has 1 heterocycles. The number of aromatic nitrogens is 3.